The molecular formula is C24H34N4O6S. The number of ether oxygens (including phenoxy) is 2. The van der Waals surface area contributed by atoms with E-state index in [0.29, 0.717) is 22.6 Å². The summed E-state index contributed by atoms with van der Waals surface area (Å²) in [4.78, 5) is 28.6. The van der Waals surface area contributed by atoms with Crippen molar-refractivity contribution in [3.05, 3.63) is 59.7 Å². The number of hydrogen-bond acceptors (Lipinski definition) is 8. The highest BCUT2D eigenvalue weighted by Crippen LogP contribution is 2.33. The molecule has 2 aromatic rings. The van der Waals surface area contributed by atoms with Crippen molar-refractivity contribution in [2.45, 2.75) is 10.7 Å². The van der Waals surface area contributed by atoms with Crippen molar-refractivity contribution in [2.75, 3.05) is 55.5 Å². The predicted octanol–water partition coefficient (Wildman–Crippen LogP) is 1.17. The van der Waals surface area contributed by atoms with Crippen molar-refractivity contribution in [2.24, 2.45) is 0 Å². The molecule has 2 unspecified atom stereocenters. The summed E-state index contributed by atoms with van der Waals surface area (Å²) in [5, 5.41) is 2.42. The van der Waals surface area contributed by atoms with Gasteiger partial charge in [-0.3, -0.25) is 9.59 Å². The topological polar surface area (TPSA) is 117 Å². The Morgan fingerprint density at radius 1 is 0.714 bits per heavy atom. The quantitative estimate of drug-likeness (QED) is 0.441. The summed E-state index contributed by atoms with van der Waals surface area (Å²) in [6.07, 6.45) is 0. The van der Waals surface area contributed by atoms with Gasteiger partial charge in [0.1, 0.15) is 11.5 Å². The van der Waals surface area contributed by atoms with Crippen LogP contribution in [0.3, 0.4) is 0 Å². The molecule has 0 spiro atoms. The molecule has 0 saturated heterocycles. The van der Waals surface area contributed by atoms with Gasteiger partial charge in [0.05, 0.1) is 27.3 Å². The van der Waals surface area contributed by atoms with Gasteiger partial charge in [-0.15, -0.1) is 0 Å². The highest BCUT2D eigenvalue weighted by atomic mass is 32.2. The molecule has 0 radical (unpaired) electrons. The molecule has 2 aromatic carbocycles. The van der Waals surface area contributed by atoms with Gasteiger partial charge in [-0.25, -0.2) is 8.42 Å². The second kappa shape index (κ2) is 12.5. The second-order valence-electron chi connectivity index (χ2n) is 8.51. The molecule has 2 amide bonds. The van der Waals surface area contributed by atoms with Crippen LogP contribution in [0.1, 0.15) is 21.9 Å². The lowest BCUT2D eigenvalue weighted by Crippen LogP contribution is -2.45. The van der Waals surface area contributed by atoms with Crippen LogP contribution in [-0.4, -0.2) is 85.5 Å². The maximum absolute atomic E-state index is 14.1. The first-order chi connectivity index (χ1) is 16.5. The van der Waals surface area contributed by atoms with Crippen LogP contribution < -0.4 is 20.1 Å². The third-order valence-corrected chi connectivity index (χ3v) is 7.09. The lowest BCUT2D eigenvalue weighted by molar-refractivity contribution is -0.122. The maximum atomic E-state index is 14.1. The standard InChI is InChI=1S/C24H34N4O6S/c1-27(2)15-21(29)25-23(17-7-11-19(33-5)12-8-17)35(31,32)24(26-22(30)16-28(3)4)18-9-13-20(34-6)14-10-18/h7-14,23-24H,15-16H2,1-6H3,(H,25,29)(H,26,30). The minimum absolute atomic E-state index is 0.0115. The number of amides is 2. The number of methoxy groups -OCH3 is 2. The molecule has 0 aliphatic rings. The van der Waals surface area contributed by atoms with E-state index in [1.54, 1.807) is 86.5 Å². The van der Waals surface area contributed by atoms with Crippen LogP contribution in [0.5, 0.6) is 11.5 Å². The van der Waals surface area contributed by atoms with Crippen LogP contribution in [0.4, 0.5) is 0 Å². The number of nitrogens with zero attached hydrogens (tertiary/aromatic N) is 2. The molecule has 0 bridgehead atoms. The van der Waals surface area contributed by atoms with Gasteiger partial charge in [0.15, 0.2) is 10.7 Å². The van der Waals surface area contributed by atoms with Gasteiger partial charge >= 0.3 is 0 Å². The highest BCUT2D eigenvalue weighted by molar-refractivity contribution is 7.91. The van der Waals surface area contributed by atoms with Crippen LogP contribution in [0.2, 0.25) is 0 Å². The van der Waals surface area contributed by atoms with E-state index in [1.165, 1.54) is 14.2 Å². The van der Waals surface area contributed by atoms with Crippen molar-refractivity contribution < 1.29 is 27.5 Å². The molecular weight excluding hydrogens is 472 g/mol. The Morgan fingerprint density at radius 2 is 1.03 bits per heavy atom. The smallest absolute Gasteiger partial charge is 0.235 e. The minimum Gasteiger partial charge on any atom is -0.497 e. The summed E-state index contributed by atoms with van der Waals surface area (Å²) in [7, 11) is 5.58. The molecule has 35 heavy (non-hydrogen) atoms. The number of sulfone groups is 1. The Bertz CT molecular complexity index is 1000. The zero-order valence-corrected chi connectivity index (χ0v) is 21.8. The van der Waals surface area contributed by atoms with Crippen molar-refractivity contribution in [3.8, 4) is 11.5 Å². The summed E-state index contributed by atoms with van der Waals surface area (Å²) < 4.78 is 38.5. The molecule has 0 saturated carbocycles. The van der Waals surface area contributed by atoms with E-state index in [0.717, 1.165) is 0 Å². The SMILES string of the molecule is COc1ccc(C(NC(=O)CN(C)C)S(=O)(=O)C(NC(=O)CN(C)C)c2ccc(OC)cc2)cc1. The molecule has 0 heterocycles. The van der Waals surface area contributed by atoms with Crippen molar-refractivity contribution >= 4 is 21.7 Å². The van der Waals surface area contributed by atoms with Crippen LogP contribution in [0.15, 0.2) is 48.5 Å². The first kappa shape index (κ1) is 28.1. The summed E-state index contributed by atoms with van der Waals surface area (Å²) in [5.41, 5.74) is 0.663. The van der Waals surface area contributed by atoms with Gasteiger partial charge in [-0.1, -0.05) is 24.3 Å². The molecule has 2 rings (SSSR count). The normalized spacial score (nSPS) is 13.3. The van der Waals surface area contributed by atoms with Gasteiger partial charge in [-0.2, -0.15) is 0 Å². The molecule has 2 atom stereocenters. The van der Waals surface area contributed by atoms with Crippen LogP contribution in [0.25, 0.3) is 0 Å². The summed E-state index contributed by atoms with van der Waals surface area (Å²) in [6, 6.07) is 12.7. The Labute approximate surface area is 207 Å². The fourth-order valence-corrected chi connectivity index (χ4v) is 5.30. The number of benzene rings is 2. The monoisotopic (exact) mass is 506 g/mol. The number of rotatable bonds is 12. The average molecular weight is 507 g/mol. The number of carbonyl (C=O) groups excluding carboxylic acids is 2. The zero-order chi connectivity index (χ0) is 26.2. The van der Waals surface area contributed by atoms with E-state index < -0.39 is 32.4 Å². The lowest BCUT2D eigenvalue weighted by atomic mass is 10.2. The number of hydrogen-bond donors (Lipinski definition) is 2. The maximum Gasteiger partial charge on any atom is 0.235 e. The van der Waals surface area contributed by atoms with Crippen molar-refractivity contribution in [1.29, 1.82) is 0 Å². The molecule has 0 fully saturated rings. The van der Waals surface area contributed by atoms with Gasteiger partial charge in [-0.05, 0) is 63.6 Å². The number of nitrogens with one attached hydrogen (secondary N) is 2. The Balaban J connectivity index is 2.57. The minimum atomic E-state index is -4.25. The Hall–Kier alpha value is -3.15. The molecule has 11 heteroatoms. The van der Waals surface area contributed by atoms with E-state index >= 15 is 0 Å². The van der Waals surface area contributed by atoms with Gasteiger partial charge < -0.3 is 29.9 Å². The van der Waals surface area contributed by atoms with Crippen molar-refractivity contribution in [3.63, 3.8) is 0 Å². The average Bonchev–Trinajstić information content (AvgIpc) is 2.80. The fourth-order valence-electron chi connectivity index (χ4n) is 3.36. The molecule has 0 aromatic heterocycles. The Kier molecular flexibility index (Phi) is 10.1. The van der Waals surface area contributed by atoms with Gasteiger partial charge in [0.2, 0.25) is 21.7 Å². The third kappa shape index (κ3) is 7.94. The largest absolute Gasteiger partial charge is 0.497 e. The zero-order valence-electron chi connectivity index (χ0n) is 20.9. The van der Waals surface area contributed by atoms with Crippen molar-refractivity contribution in [1.82, 2.24) is 20.4 Å². The molecule has 2 N–H and O–H groups in total. The number of carbonyl (C=O) groups is 2. The van der Waals surface area contributed by atoms with E-state index in [9.17, 15) is 18.0 Å². The fraction of sp³-hybridized carbons (Fsp3) is 0.417. The molecule has 10 nitrogen and oxygen atoms in total. The highest BCUT2D eigenvalue weighted by Gasteiger charge is 2.38. The first-order valence-electron chi connectivity index (χ1n) is 10.9. The van der Waals surface area contributed by atoms with E-state index in [1.807, 2.05) is 0 Å². The van der Waals surface area contributed by atoms with Gasteiger partial charge in [0, 0.05) is 0 Å². The summed E-state index contributed by atoms with van der Waals surface area (Å²) in [5.74, 6) is 0.117. The van der Waals surface area contributed by atoms with Crippen LogP contribution in [-0.2, 0) is 19.4 Å². The van der Waals surface area contributed by atoms with Crippen LogP contribution in [0, 0.1) is 0 Å². The first-order valence-corrected chi connectivity index (χ1v) is 12.5. The summed E-state index contributed by atoms with van der Waals surface area (Å²) in [6.45, 7) is -0.0231. The van der Waals surface area contributed by atoms with E-state index in [2.05, 4.69) is 10.6 Å². The predicted molar refractivity (Wildman–Crippen MR) is 134 cm³/mol. The molecule has 192 valence electrons. The van der Waals surface area contributed by atoms with Crippen LogP contribution >= 0.6 is 0 Å². The van der Waals surface area contributed by atoms with E-state index in [-0.39, 0.29) is 13.1 Å². The van der Waals surface area contributed by atoms with E-state index in [4.69, 9.17) is 9.47 Å². The molecule has 0 aliphatic carbocycles. The Morgan fingerprint density at radius 3 is 1.29 bits per heavy atom. The second-order valence-corrected chi connectivity index (χ2v) is 10.6. The number of likely N-dealkylation sites (N-methyl/N-ethyl adjacent to an activating group) is 2. The lowest BCUT2D eigenvalue weighted by Gasteiger charge is -2.27. The van der Waals surface area contributed by atoms with Gasteiger partial charge in [0.25, 0.3) is 0 Å². The third-order valence-electron chi connectivity index (χ3n) is 5.00. The molecule has 0 aliphatic heterocycles. The summed E-state index contributed by atoms with van der Waals surface area (Å²) >= 11 is 0.